The van der Waals surface area contributed by atoms with Crippen molar-refractivity contribution < 1.29 is 19.1 Å². The van der Waals surface area contributed by atoms with E-state index in [0.29, 0.717) is 37.7 Å². The van der Waals surface area contributed by atoms with E-state index in [-0.39, 0.29) is 18.5 Å². The Morgan fingerprint density at radius 2 is 1.76 bits per heavy atom. The predicted octanol–water partition coefficient (Wildman–Crippen LogP) is 5.05. The van der Waals surface area contributed by atoms with Crippen LogP contribution in [0.1, 0.15) is 23.1 Å². The van der Waals surface area contributed by atoms with Crippen LogP contribution in [0.2, 0.25) is 5.02 Å². The molecule has 3 aromatic rings. The van der Waals surface area contributed by atoms with Gasteiger partial charge in [0.1, 0.15) is 11.9 Å². The maximum absolute atomic E-state index is 13.4. The maximum atomic E-state index is 13.4. The Morgan fingerprint density at radius 3 is 2.50 bits per heavy atom. The molecule has 0 saturated carbocycles. The van der Waals surface area contributed by atoms with Gasteiger partial charge in [0.25, 0.3) is 0 Å². The minimum Gasteiger partial charge on any atom is -0.390 e. The zero-order chi connectivity index (χ0) is 23.8. The zero-order valence-corrected chi connectivity index (χ0v) is 19.6. The predicted molar refractivity (Wildman–Crippen MR) is 131 cm³/mol. The summed E-state index contributed by atoms with van der Waals surface area (Å²) in [5.41, 5.74) is 3.86. The van der Waals surface area contributed by atoms with Crippen LogP contribution in [0.25, 0.3) is 0 Å². The van der Waals surface area contributed by atoms with Crippen molar-refractivity contribution in [3.05, 3.63) is 106 Å². The number of hydrogen-bond donors (Lipinski definition) is 1. The van der Waals surface area contributed by atoms with Gasteiger partial charge in [0.15, 0.2) is 0 Å². The van der Waals surface area contributed by atoms with Gasteiger partial charge in [0, 0.05) is 31.1 Å². The van der Waals surface area contributed by atoms with E-state index < -0.39 is 6.10 Å². The van der Waals surface area contributed by atoms with E-state index >= 15 is 0 Å². The average Bonchev–Trinajstić information content (AvgIpc) is 3.30. The third-order valence-electron chi connectivity index (χ3n) is 5.58. The summed E-state index contributed by atoms with van der Waals surface area (Å²) in [6.45, 7) is 2.16. The fourth-order valence-electron chi connectivity index (χ4n) is 3.92. The Balaban J connectivity index is 1.33. The average molecular weight is 483 g/mol. The van der Waals surface area contributed by atoms with E-state index in [1.807, 2.05) is 54.6 Å². The van der Waals surface area contributed by atoms with E-state index in [1.54, 1.807) is 12.1 Å². The molecular formula is C27H28ClFN2O3. The molecule has 0 aromatic heterocycles. The largest absolute Gasteiger partial charge is 0.390 e. The number of benzene rings is 3. The minimum atomic E-state index is -0.679. The number of oxime groups is 1. The fourth-order valence-corrected chi connectivity index (χ4v) is 4.04. The number of nitrogens with zero attached hydrogens (tertiary/aromatic N) is 2. The molecule has 0 aliphatic carbocycles. The highest BCUT2D eigenvalue weighted by molar-refractivity contribution is 6.30. The van der Waals surface area contributed by atoms with Crippen molar-refractivity contribution in [3.63, 3.8) is 0 Å². The van der Waals surface area contributed by atoms with Crippen LogP contribution in [0.15, 0.2) is 84.0 Å². The lowest BCUT2D eigenvalue weighted by molar-refractivity contribution is -0.00649. The first-order valence-corrected chi connectivity index (χ1v) is 11.7. The fraction of sp³-hybridized carbons (Fsp3) is 0.296. The van der Waals surface area contributed by atoms with Crippen molar-refractivity contribution in [2.24, 2.45) is 5.16 Å². The van der Waals surface area contributed by atoms with Gasteiger partial charge in [0.05, 0.1) is 25.0 Å². The first kappa shape index (κ1) is 24.4. The lowest BCUT2D eigenvalue weighted by Crippen LogP contribution is -2.39. The number of halogens is 2. The topological polar surface area (TPSA) is 54.3 Å². The third-order valence-corrected chi connectivity index (χ3v) is 5.83. The second-order valence-electron chi connectivity index (χ2n) is 8.45. The highest BCUT2D eigenvalue weighted by Crippen LogP contribution is 2.20. The molecular weight excluding hydrogens is 455 g/mol. The van der Waals surface area contributed by atoms with Gasteiger partial charge in [-0.1, -0.05) is 71.4 Å². The van der Waals surface area contributed by atoms with E-state index in [4.69, 9.17) is 21.2 Å². The van der Waals surface area contributed by atoms with Crippen molar-refractivity contribution >= 4 is 17.3 Å². The Hall–Kier alpha value is -2.77. The third kappa shape index (κ3) is 7.37. The monoisotopic (exact) mass is 482 g/mol. The van der Waals surface area contributed by atoms with Crippen LogP contribution in [0.3, 0.4) is 0 Å². The molecule has 34 heavy (non-hydrogen) atoms. The molecule has 0 unspecified atom stereocenters. The molecule has 0 fully saturated rings. The van der Waals surface area contributed by atoms with Crippen LogP contribution < -0.4 is 0 Å². The number of rotatable bonds is 11. The highest BCUT2D eigenvalue weighted by Gasteiger charge is 2.26. The van der Waals surface area contributed by atoms with Crippen LogP contribution >= 0.6 is 11.6 Å². The van der Waals surface area contributed by atoms with Gasteiger partial charge in [0.2, 0.25) is 0 Å². The van der Waals surface area contributed by atoms with Crippen molar-refractivity contribution in [1.82, 2.24) is 4.90 Å². The summed E-state index contributed by atoms with van der Waals surface area (Å²) in [5, 5.41) is 15.6. The van der Waals surface area contributed by atoms with Crippen LogP contribution in [0.4, 0.5) is 4.39 Å². The first-order valence-electron chi connectivity index (χ1n) is 11.3. The SMILES string of the molecule is O[C@H](COCc1ccccc1)CN(Cc1ccc(F)cc1)C[C@@H]1CC(c2ccc(Cl)cc2)=NO1. The minimum absolute atomic E-state index is 0.149. The Kier molecular flexibility index (Phi) is 8.66. The number of aliphatic hydroxyl groups excluding tert-OH is 1. The highest BCUT2D eigenvalue weighted by atomic mass is 35.5. The molecule has 0 bridgehead atoms. The molecule has 1 aliphatic rings. The van der Waals surface area contributed by atoms with Gasteiger partial charge in [-0.05, 0) is 41.0 Å². The molecule has 1 heterocycles. The molecule has 1 N–H and O–H groups in total. The summed E-state index contributed by atoms with van der Waals surface area (Å²) in [5.74, 6) is -0.273. The van der Waals surface area contributed by atoms with E-state index in [1.165, 1.54) is 12.1 Å². The molecule has 7 heteroatoms. The van der Waals surface area contributed by atoms with Crippen molar-refractivity contribution in [3.8, 4) is 0 Å². The van der Waals surface area contributed by atoms with Crippen LogP contribution in [0.5, 0.6) is 0 Å². The van der Waals surface area contributed by atoms with Gasteiger partial charge in [-0.3, -0.25) is 4.90 Å². The molecule has 0 spiro atoms. The lowest BCUT2D eigenvalue weighted by atomic mass is 10.0. The van der Waals surface area contributed by atoms with Crippen molar-refractivity contribution in [1.29, 1.82) is 0 Å². The Bertz CT molecular complexity index is 1060. The Labute approximate surface area is 204 Å². The Morgan fingerprint density at radius 1 is 1.03 bits per heavy atom. The molecule has 4 rings (SSSR count). The summed E-state index contributed by atoms with van der Waals surface area (Å²) in [7, 11) is 0. The normalized spacial score (nSPS) is 16.4. The van der Waals surface area contributed by atoms with Gasteiger partial charge in [-0.25, -0.2) is 4.39 Å². The lowest BCUT2D eigenvalue weighted by Gasteiger charge is -2.27. The maximum Gasteiger partial charge on any atom is 0.145 e. The van der Waals surface area contributed by atoms with Gasteiger partial charge in [-0.2, -0.15) is 0 Å². The molecule has 3 aromatic carbocycles. The van der Waals surface area contributed by atoms with Gasteiger partial charge in [-0.15, -0.1) is 0 Å². The van der Waals surface area contributed by atoms with Crippen molar-refractivity contribution in [2.45, 2.75) is 31.8 Å². The number of aliphatic hydroxyl groups is 1. The second-order valence-corrected chi connectivity index (χ2v) is 8.89. The standard InChI is InChI=1S/C27H28ClFN2O3/c28-23-10-8-22(9-11-23)27-14-26(34-30-27)17-31(15-20-6-12-24(29)13-7-20)16-25(32)19-33-18-21-4-2-1-3-5-21/h1-13,25-26,32H,14-19H2/t25-,26-/m0/s1. The summed E-state index contributed by atoms with van der Waals surface area (Å²) in [6.07, 6.45) is -0.173. The molecule has 2 atom stereocenters. The quantitative estimate of drug-likeness (QED) is 0.415. The van der Waals surface area contributed by atoms with Crippen molar-refractivity contribution in [2.75, 3.05) is 19.7 Å². The van der Waals surface area contributed by atoms with E-state index in [9.17, 15) is 9.50 Å². The second kappa shape index (κ2) is 12.1. The zero-order valence-electron chi connectivity index (χ0n) is 18.8. The van der Waals surface area contributed by atoms with Crippen LogP contribution in [0, 0.1) is 5.82 Å². The summed E-state index contributed by atoms with van der Waals surface area (Å²) in [4.78, 5) is 7.79. The van der Waals surface area contributed by atoms with Crippen LogP contribution in [-0.4, -0.2) is 47.6 Å². The smallest absolute Gasteiger partial charge is 0.145 e. The van der Waals surface area contributed by atoms with E-state index in [2.05, 4.69) is 10.1 Å². The first-order chi connectivity index (χ1) is 16.5. The van der Waals surface area contributed by atoms with E-state index in [0.717, 1.165) is 22.4 Å². The van der Waals surface area contributed by atoms with Gasteiger partial charge < -0.3 is 14.7 Å². The molecule has 5 nitrogen and oxygen atoms in total. The molecule has 178 valence electrons. The van der Waals surface area contributed by atoms with Crippen LogP contribution in [-0.2, 0) is 22.7 Å². The molecule has 0 radical (unpaired) electrons. The number of ether oxygens (including phenoxy) is 1. The van der Waals surface area contributed by atoms with Gasteiger partial charge >= 0.3 is 0 Å². The summed E-state index contributed by atoms with van der Waals surface area (Å²) >= 11 is 5.99. The summed E-state index contributed by atoms with van der Waals surface area (Å²) in [6, 6.07) is 23.8. The summed E-state index contributed by atoms with van der Waals surface area (Å²) < 4.78 is 19.1. The molecule has 1 aliphatic heterocycles. The number of hydrogen-bond acceptors (Lipinski definition) is 5. The molecule has 0 amide bonds. The molecule has 0 saturated heterocycles.